The fourth-order valence-electron chi connectivity index (χ4n) is 3.02. The molecule has 2 aliphatic rings. The van der Waals surface area contributed by atoms with E-state index in [-0.39, 0.29) is 0 Å². The Morgan fingerprint density at radius 2 is 1.92 bits per heavy atom. The first kappa shape index (κ1) is 9.02. The standard InChI is InChI=1S/C11H18N2/c1-13-10-3-2-4-11(13)8-9(7-10)5-6-12/h9-11H,2-5,7-8H2,1H3/t9-,10+,11-. The van der Waals surface area contributed by atoms with E-state index in [1.165, 1.54) is 32.1 Å². The Balaban J connectivity index is 2.00. The highest BCUT2D eigenvalue weighted by atomic mass is 15.2. The van der Waals surface area contributed by atoms with Gasteiger partial charge in [0.05, 0.1) is 6.07 Å². The quantitative estimate of drug-likeness (QED) is 0.615. The lowest BCUT2D eigenvalue weighted by Crippen LogP contribution is -2.49. The van der Waals surface area contributed by atoms with Gasteiger partial charge < -0.3 is 4.90 Å². The number of hydrogen-bond acceptors (Lipinski definition) is 2. The maximum absolute atomic E-state index is 8.68. The highest BCUT2D eigenvalue weighted by molar-refractivity contribution is 4.93. The van der Waals surface area contributed by atoms with Crippen LogP contribution in [0.3, 0.4) is 0 Å². The fraction of sp³-hybridized carbons (Fsp3) is 0.909. The molecular weight excluding hydrogens is 160 g/mol. The molecule has 2 saturated heterocycles. The maximum atomic E-state index is 8.68. The van der Waals surface area contributed by atoms with Crippen LogP contribution in [0.1, 0.15) is 38.5 Å². The van der Waals surface area contributed by atoms with Crippen LogP contribution in [0.5, 0.6) is 0 Å². The molecule has 3 atom stereocenters. The molecule has 0 saturated carbocycles. The number of rotatable bonds is 1. The first-order chi connectivity index (χ1) is 6.31. The molecule has 2 rings (SSSR count). The second kappa shape index (κ2) is 3.67. The molecule has 72 valence electrons. The highest BCUT2D eigenvalue weighted by Gasteiger charge is 2.35. The zero-order valence-corrected chi connectivity index (χ0v) is 8.37. The number of nitrogens with zero attached hydrogens (tertiary/aromatic N) is 2. The maximum Gasteiger partial charge on any atom is 0.0624 e. The molecule has 2 bridgehead atoms. The summed E-state index contributed by atoms with van der Waals surface area (Å²) in [6.45, 7) is 0. The number of nitriles is 1. The lowest BCUT2D eigenvalue weighted by molar-refractivity contribution is 0.0378. The van der Waals surface area contributed by atoms with Crippen molar-refractivity contribution in [1.29, 1.82) is 5.26 Å². The Hall–Kier alpha value is -0.550. The summed E-state index contributed by atoms with van der Waals surface area (Å²) in [4.78, 5) is 2.55. The zero-order valence-electron chi connectivity index (χ0n) is 8.37. The summed E-state index contributed by atoms with van der Waals surface area (Å²) in [6, 6.07) is 3.89. The van der Waals surface area contributed by atoms with Gasteiger partial charge in [-0.15, -0.1) is 0 Å². The van der Waals surface area contributed by atoms with E-state index in [1.807, 2.05) is 0 Å². The minimum atomic E-state index is 0.691. The molecule has 2 fully saturated rings. The van der Waals surface area contributed by atoms with E-state index in [4.69, 9.17) is 5.26 Å². The van der Waals surface area contributed by atoms with Crippen LogP contribution in [-0.2, 0) is 0 Å². The summed E-state index contributed by atoms with van der Waals surface area (Å²) in [7, 11) is 2.26. The molecule has 0 aromatic heterocycles. The molecule has 0 N–H and O–H groups in total. The lowest BCUT2D eigenvalue weighted by Gasteiger charge is -2.46. The van der Waals surface area contributed by atoms with Gasteiger partial charge >= 0.3 is 0 Å². The van der Waals surface area contributed by atoms with Gasteiger partial charge in [0.1, 0.15) is 0 Å². The summed E-state index contributed by atoms with van der Waals surface area (Å²) in [6.07, 6.45) is 7.42. The molecule has 0 aromatic rings. The normalized spacial score (nSPS) is 39.8. The van der Waals surface area contributed by atoms with Crippen LogP contribution in [0.25, 0.3) is 0 Å². The third-order valence-corrected chi connectivity index (χ3v) is 3.82. The van der Waals surface area contributed by atoms with Crippen LogP contribution in [0.2, 0.25) is 0 Å². The summed E-state index contributed by atoms with van der Waals surface area (Å²) in [5.41, 5.74) is 0. The van der Waals surface area contributed by atoms with Crippen molar-refractivity contribution in [2.24, 2.45) is 5.92 Å². The minimum absolute atomic E-state index is 0.691. The van der Waals surface area contributed by atoms with Crippen molar-refractivity contribution in [3.63, 3.8) is 0 Å². The molecule has 0 aromatic carbocycles. The van der Waals surface area contributed by atoms with Gasteiger partial charge in [0.25, 0.3) is 0 Å². The summed E-state index contributed by atoms with van der Waals surface area (Å²) >= 11 is 0. The van der Waals surface area contributed by atoms with Crippen LogP contribution in [0.4, 0.5) is 0 Å². The largest absolute Gasteiger partial charge is 0.300 e. The Bertz CT molecular complexity index is 205. The van der Waals surface area contributed by atoms with E-state index >= 15 is 0 Å². The van der Waals surface area contributed by atoms with Gasteiger partial charge in [0.15, 0.2) is 0 Å². The minimum Gasteiger partial charge on any atom is -0.300 e. The van der Waals surface area contributed by atoms with Crippen LogP contribution in [0.15, 0.2) is 0 Å². The van der Waals surface area contributed by atoms with Gasteiger partial charge in [-0.2, -0.15) is 5.26 Å². The number of fused-ring (bicyclic) bond motifs is 2. The number of piperidine rings is 2. The fourth-order valence-corrected chi connectivity index (χ4v) is 3.02. The van der Waals surface area contributed by atoms with Crippen molar-refractivity contribution in [2.45, 2.75) is 50.6 Å². The second-order valence-corrected chi connectivity index (χ2v) is 4.60. The van der Waals surface area contributed by atoms with E-state index in [0.29, 0.717) is 5.92 Å². The molecule has 2 nitrogen and oxygen atoms in total. The average Bonchev–Trinajstić information content (AvgIpc) is 2.07. The van der Waals surface area contributed by atoms with Gasteiger partial charge in [-0.3, -0.25) is 0 Å². The molecule has 13 heavy (non-hydrogen) atoms. The summed E-state index contributed by atoms with van der Waals surface area (Å²) in [5, 5.41) is 8.68. The van der Waals surface area contributed by atoms with E-state index in [2.05, 4.69) is 18.0 Å². The first-order valence-corrected chi connectivity index (χ1v) is 5.40. The molecule has 0 unspecified atom stereocenters. The molecule has 0 radical (unpaired) electrons. The smallest absolute Gasteiger partial charge is 0.0624 e. The van der Waals surface area contributed by atoms with Gasteiger partial charge in [0, 0.05) is 18.5 Å². The predicted molar refractivity (Wildman–Crippen MR) is 52.1 cm³/mol. The molecule has 0 aliphatic carbocycles. The van der Waals surface area contributed by atoms with Crippen LogP contribution in [0, 0.1) is 17.2 Å². The van der Waals surface area contributed by atoms with Gasteiger partial charge in [-0.25, -0.2) is 0 Å². The topological polar surface area (TPSA) is 27.0 Å². The molecule has 2 heteroatoms. The lowest BCUT2D eigenvalue weighted by atomic mass is 9.78. The number of hydrogen-bond donors (Lipinski definition) is 0. The Kier molecular flexibility index (Phi) is 2.55. The first-order valence-electron chi connectivity index (χ1n) is 5.40. The third kappa shape index (κ3) is 1.71. The monoisotopic (exact) mass is 178 g/mol. The molecule has 0 spiro atoms. The Labute approximate surface area is 80.5 Å². The van der Waals surface area contributed by atoms with Gasteiger partial charge in [-0.05, 0) is 38.6 Å². The Morgan fingerprint density at radius 3 is 2.46 bits per heavy atom. The molecular formula is C11H18N2. The molecule has 0 amide bonds. The van der Waals surface area contributed by atoms with Crippen LogP contribution >= 0.6 is 0 Å². The van der Waals surface area contributed by atoms with Crippen molar-refractivity contribution >= 4 is 0 Å². The van der Waals surface area contributed by atoms with Crippen LogP contribution in [-0.4, -0.2) is 24.0 Å². The van der Waals surface area contributed by atoms with Gasteiger partial charge in [0.2, 0.25) is 0 Å². The predicted octanol–water partition coefficient (Wildman–Crippen LogP) is 2.16. The summed E-state index contributed by atoms with van der Waals surface area (Å²) in [5.74, 6) is 0.691. The van der Waals surface area contributed by atoms with Crippen molar-refractivity contribution in [3.8, 4) is 6.07 Å². The second-order valence-electron chi connectivity index (χ2n) is 4.60. The van der Waals surface area contributed by atoms with Crippen molar-refractivity contribution in [1.82, 2.24) is 4.90 Å². The van der Waals surface area contributed by atoms with Gasteiger partial charge in [-0.1, -0.05) is 6.42 Å². The van der Waals surface area contributed by atoms with Crippen molar-refractivity contribution in [2.75, 3.05) is 7.05 Å². The van der Waals surface area contributed by atoms with Crippen molar-refractivity contribution in [3.05, 3.63) is 0 Å². The third-order valence-electron chi connectivity index (χ3n) is 3.82. The van der Waals surface area contributed by atoms with Crippen LogP contribution < -0.4 is 0 Å². The van der Waals surface area contributed by atoms with Crippen molar-refractivity contribution < 1.29 is 0 Å². The molecule has 2 heterocycles. The summed E-state index contributed by atoms with van der Waals surface area (Å²) < 4.78 is 0. The Morgan fingerprint density at radius 1 is 1.31 bits per heavy atom. The molecule has 2 aliphatic heterocycles. The van der Waals surface area contributed by atoms with E-state index in [1.54, 1.807) is 0 Å². The average molecular weight is 178 g/mol. The highest BCUT2D eigenvalue weighted by Crippen LogP contribution is 2.36. The zero-order chi connectivity index (χ0) is 9.26. The van der Waals surface area contributed by atoms with E-state index in [9.17, 15) is 0 Å². The van der Waals surface area contributed by atoms with E-state index in [0.717, 1.165) is 18.5 Å². The SMILES string of the molecule is CN1[C@@H]2CCC[C@H]1C[C@@H](CC#N)C2. The van der Waals surface area contributed by atoms with E-state index < -0.39 is 0 Å².